The van der Waals surface area contributed by atoms with E-state index in [0.29, 0.717) is 0 Å². The summed E-state index contributed by atoms with van der Waals surface area (Å²) in [6.07, 6.45) is 3.69. The zero-order valence-electron chi connectivity index (χ0n) is 23.1. The first kappa shape index (κ1) is 23.7. The molecule has 0 N–H and O–H groups in total. The van der Waals surface area contributed by atoms with Gasteiger partial charge in [-0.15, -0.1) is 0 Å². The minimum atomic E-state index is -0.172. The van der Waals surface area contributed by atoms with E-state index in [1.165, 1.54) is 61.1 Å². The molecule has 0 aliphatic carbocycles. The van der Waals surface area contributed by atoms with Gasteiger partial charge in [-0.05, 0) is 82.9 Å². The normalized spacial score (nSPS) is 13.8. The highest BCUT2D eigenvalue weighted by Crippen LogP contribution is 2.52. The fraction of sp³-hybridized carbons (Fsp3) is 0.0789. The molecule has 1 aliphatic heterocycles. The molecule has 0 saturated heterocycles. The van der Waals surface area contributed by atoms with Crippen molar-refractivity contribution in [2.24, 2.45) is 0 Å². The lowest BCUT2D eigenvalue weighted by Gasteiger charge is -2.42. The highest BCUT2D eigenvalue weighted by Gasteiger charge is 2.37. The van der Waals surface area contributed by atoms with Crippen LogP contribution in [0.25, 0.3) is 38.6 Å². The SMILES string of the molecule is CC1(C)c2ccccc2N(c2ccc(-c3ccncc3)cc2)c2ccc(-n3c4ccccc4c4ccccc43)cc21. The van der Waals surface area contributed by atoms with E-state index in [2.05, 4.69) is 156 Å². The number of hydrogen-bond donors (Lipinski definition) is 0. The highest BCUT2D eigenvalue weighted by molar-refractivity contribution is 6.09. The van der Waals surface area contributed by atoms with E-state index in [-0.39, 0.29) is 5.41 Å². The Balaban J connectivity index is 1.33. The Morgan fingerprint density at radius 3 is 1.78 bits per heavy atom. The fourth-order valence-electron chi connectivity index (χ4n) is 6.66. The quantitative estimate of drug-likeness (QED) is 0.228. The van der Waals surface area contributed by atoms with Gasteiger partial charge in [0, 0.05) is 40.0 Å². The molecule has 2 aromatic heterocycles. The van der Waals surface area contributed by atoms with Gasteiger partial charge in [-0.3, -0.25) is 4.98 Å². The van der Waals surface area contributed by atoms with Crippen LogP contribution in [0.2, 0.25) is 0 Å². The summed E-state index contributed by atoms with van der Waals surface area (Å²) in [4.78, 5) is 6.59. The number of fused-ring (bicyclic) bond motifs is 5. The van der Waals surface area contributed by atoms with Crippen LogP contribution in [0.1, 0.15) is 25.0 Å². The Hall–Kier alpha value is -5.15. The molecular formula is C38H29N3. The average molecular weight is 528 g/mol. The number of hydrogen-bond acceptors (Lipinski definition) is 2. The molecule has 0 unspecified atom stereocenters. The van der Waals surface area contributed by atoms with Crippen molar-refractivity contribution in [1.29, 1.82) is 0 Å². The first-order chi connectivity index (χ1) is 20.1. The summed E-state index contributed by atoms with van der Waals surface area (Å²) in [5.41, 5.74) is 12.1. The van der Waals surface area contributed by atoms with Crippen LogP contribution >= 0.6 is 0 Å². The van der Waals surface area contributed by atoms with Gasteiger partial charge in [0.2, 0.25) is 0 Å². The van der Waals surface area contributed by atoms with E-state index in [9.17, 15) is 0 Å². The Morgan fingerprint density at radius 2 is 1.07 bits per heavy atom. The van der Waals surface area contributed by atoms with Gasteiger partial charge < -0.3 is 9.47 Å². The summed E-state index contributed by atoms with van der Waals surface area (Å²) in [5, 5.41) is 2.56. The molecule has 8 rings (SSSR count). The van der Waals surface area contributed by atoms with Crippen molar-refractivity contribution >= 4 is 38.9 Å². The highest BCUT2D eigenvalue weighted by atomic mass is 15.2. The van der Waals surface area contributed by atoms with Crippen LogP contribution in [-0.4, -0.2) is 9.55 Å². The van der Waals surface area contributed by atoms with Crippen LogP contribution in [0.4, 0.5) is 17.1 Å². The van der Waals surface area contributed by atoms with Gasteiger partial charge in [-0.25, -0.2) is 0 Å². The van der Waals surface area contributed by atoms with Crippen LogP contribution in [-0.2, 0) is 5.41 Å². The minimum Gasteiger partial charge on any atom is -0.310 e. The smallest absolute Gasteiger partial charge is 0.0541 e. The Morgan fingerprint density at radius 1 is 0.512 bits per heavy atom. The Labute approximate surface area is 240 Å². The summed E-state index contributed by atoms with van der Waals surface area (Å²) < 4.78 is 2.41. The van der Waals surface area contributed by atoms with Gasteiger partial charge >= 0.3 is 0 Å². The summed E-state index contributed by atoms with van der Waals surface area (Å²) in [7, 11) is 0. The molecule has 7 aromatic rings. The van der Waals surface area contributed by atoms with Crippen molar-refractivity contribution in [3.8, 4) is 16.8 Å². The first-order valence-corrected chi connectivity index (χ1v) is 14.1. The predicted octanol–water partition coefficient (Wildman–Crippen LogP) is 9.95. The van der Waals surface area contributed by atoms with E-state index in [4.69, 9.17) is 0 Å². The number of pyridine rings is 1. The first-order valence-electron chi connectivity index (χ1n) is 14.1. The zero-order chi connectivity index (χ0) is 27.6. The molecule has 3 heterocycles. The van der Waals surface area contributed by atoms with Gasteiger partial charge in [0.25, 0.3) is 0 Å². The second kappa shape index (κ2) is 8.94. The lowest BCUT2D eigenvalue weighted by Crippen LogP contribution is -2.30. The van der Waals surface area contributed by atoms with Crippen molar-refractivity contribution in [3.05, 3.63) is 151 Å². The van der Waals surface area contributed by atoms with E-state index in [0.717, 1.165) is 5.69 Å². The minimum absolute atomic E-state index is 0.172. The molecule has 0 fully saturated rings. The van der Waals surface area contributed by atoms with Crippen LogP contribution < -0.4 is 4.90 Å². The van der Waals surface area contributed by atoms with Crippen LogP contribution in [0.15, 0.2) is 140 Å². The van der Waals surface area contributed by atoms with Gasteiger partial charge in [0.1, 0.15) is 0 Å². The van der Waals surface area contributed by atoms with E-state index < -0.39 is 0 Å². The molecule has 196 valence electrons. The van der Waals surface area contributed by atoms with Crippen molar-refractivity contribution in [2.75, 3.05) is 4.90 Å². The summed E-state index contributed by atoms with van der Waals surface area (Å²) in [6, 6.07) is 46.2. The van der Waals surface area contributed by atoms with Crippen molar-refractivity contribution in [2.45, 2.75) is 19.3 Å². The van der Waals surface area contributed by atoms with E-state index in [1.807, 2.05) is 12.4 Å². The molecular weight excluding hydrogens is 498 g/mol. The van der Waals surface area contributed by atoms with Gasteiger partial charge in [-0.1, -0.05) is 80.6 Å². The third-order valence-corrected chi connectivity index (χ3v) is 8.69. The molecule has 41 heavy (non-hydrogen) atoms. The monoisotopic (exact) mass is 527 g/mol. The lowest BCUT2D eigenvalue weighted by atomic mass is 9.73. The summed E-state index contributed by atoms with van der Waals surface area (Å²) >= 11 is 0. The number of nitrogens with zero attached hydrogens (tertiary/aromatic N) is 3. The summed E-state index contributed by atoms with van der Waals surface area (Å²) in [5.74, 6) is 0. The molecule has 5 aromatic carbocycles. The summed E-state index contributed by atoms with van der Waals surface area (Å²) in [6.45, 7) is 4.70. The van der Waals surface area contributed by atoms with Crippen LogP contribution in [0, 0.1) is 0 Å². The zero-order valence-corrected chi connectivity index (χ0v) is 23.1. The standard InChI is InChI=1S/C38H29N3/c1-38(2)32-11-5-8-14-36(32)40(28-17-15-26(16-18-28)27-21-23-39-24-22-27)37-20-19-29(25-33(37)38)41-34-12-6-3-9-30(34)31-10-4-7-13-35(31)41/h3-25H,1-2H3. The topological polar surface area (TPSA) is 21.1 Å². The van der Waals surface area contributed by atoms with Gasteiger partial charge in [-0.2, -0.15) is 0 Å². The number of anilines is 3. The number of para-hydroxylation sites is 3. The second-order valence-electron chi connectivity index (χ2n) is 11.3. The molecule has 1 aliphatic rings. The lowest BCUT2D eigenvalue weighted by molar-refractivity contribution is 0.631. The van der Waals surface area contributed by atoms with E-state index in [1.54, 1.807) is 0 Å². The fourth-order valence-corrected chi connectivity index (χ4v) is 6.66. The molecule has 0 spiro atoms. The molecule has 0 radical (unpaired) electrons. The molecule has 3 heteroatoms. The molecule has 0 amide bonds. The number of rotatable bonds is 3. The molecule has 0 atom stereocenters. The van der Waals surface area contributed by atoms with Gasteiger partial charge in [0.15, 0.2) is 0 Å². The van der Waals surface area contributed by atoms with Crippen LogP contribution in [0.3, 0.4) is 0 Å². The Kier molecular flexibility index (Phi) is 5.17. The van der Waals surface area contributed by atoms with Crippen molar-refractivity contribution < 1.29 is 0 Å². The Bertz CT molecular complexity index is 2010. The van der Waals surface area contributed by atoms with Gasteiger partial charge in [0.05, 0.1) is 22.4 Å². The third-order valence-electron chi connectivity index (χ3n) is 8.69. The maximum absolute atomic E-state index is 4.17. The second-order valence-corrected chi connectivity index (χ2v) is 11.3. The molecule has 0 bridgehead atoms. The maximum atomic E-state index is 4.17. The van der Waals surface area contributed by atoms with Crippen molar-refractivity contribution in [3.63, 3.8) is 0 Å². The number of benzene rings is 5. The maximum Gasteiger partial charge on any atom is 0.0541 e. The number of aromatic nitrogens is 2. The molecule has 3 nitrogen and oxygen atoms in total. The largest absolute Gasteiger partial charge is 0.310 e. The van der Waals surface area contributed by atoms with E-state index >= 15 is 0 Å². The van der Waals surface area contributed by atoms with Crippen molar-refractivity contribution in [1.82, 2.24) is 9.55 Å². The average Bonchev–Trinajstić information content (AvgIpc) is 3.36. The predicted molar refractivity (Wildman–Crippen MR) is 171 cm³/mol. The molecule has 0 saturated carbocycles. The van der Waals surface area contributed by atoms with Crippen LogP contribution in [0.5, 0.6) is 0 Å². The third kappa shape index (κ3) is 3.56.